The normalized spacial score (nSPS) is 21.0. The van der Waals surface area contributed by atoms with E-state index in [1.54, 1.807) is 0 Å². The summed E-state index contributed by atoms with van der Waals surface area (Å²) in [6.07, 6.45) is 7.93. The molecule has 1 aromatic heterocycles. The predicted octanol–water partition coefficient (Wildman–Crippen LogP) is 3.95. The lowest BCUT2D eigenvalue weighted by atomic mass is 9.88. The molecule has 1 amide bonds. The molecule has 2 aromatic rings. The molecule has 0 spiro atoms. The first-order chi connectivity index (χ1) is 12.5. The van der Waals surface area contributed by atoms with E-state index in [4.69, 9.17) is 4.98 Å². The monoisotopic (exact) mass is 353 g/mol. The zero-order chi connectivity index (χ0) is 17.9. The lowest BCUT2D eigenvalue weighted by molar-refractivity contribution is -0.123. The molecule has 138 valence electrons. The number of fused-ring (bicyclic) bond motifs is 1. The van der Waals surface area contributed by atoms with Crippen molar-refractivity contribution in [3.63, 3.8) is 0 Å². The quantitative estimate of drug-likeness (QED) is 0.826. The Balaban J connectivity index is 1.42. The topological polar surface area (TPSA) is 67.2 Å². The van der Waals surface area contributed by atoms with Gasteiger partial charge in [0.15, 0.2) is 0 Å². The van der Waals surface area contributed by atoms with Crippen LogP contribution < -0.4 is 5.32 Å². The van der Waals surface area contributed by atoms with Gasteiger partial charge in [-0.05, 0) is 81.4 Å². The number of imidazole rings is 1. The summed E-state index contributed by atoms with van der Waals surface area (Å²) in [7, 11) is 0. The fourth-order valence-electron chi connectivity index (χ4n) is 4.52. The van der Waals surface area contributed by atoms with Crippen molar-refractivity contribution in [3.05, 3.63) is 23.8 Å². The molecule has 5 rings (SSSR count). The summed E-state index contributed by atoms with van der Waals surface area (Å²) in [5.74, 6) is 1.18. The van der Waals surface area contributed by atoms with Crippen LogP contribution in [0.5, 0.6) is 0 Å². The van der Waals surface area contributed by atoms with Crippen LogP contribution in [-0.2, 0) is 4.79 Å². The third-order valence-corrected chi connectivity index (χ3v) is 6.55. The second-order valence-corrected chi connectivity index (χ2v) is 8.65. The number of hydrogen-bond donors (Lipinski definition) is 2. The summed E-state index contributed by atoms with van der Waals surface area (Å²) in [5.41, 5.74) is 2.43. The van der Waals surface area contributed by atoms with Crippen molar-refractivity contribution in [2.75, 3.05) is 5.32 Å². The highest BCUT2D eigenvalue weighted by Crippen LogP contribution is 2.53. The summed E-state index contributed by atoms with van der Waals surface area (Å²) in [4.78, 5) is 17.5. The van der Waals surface area contributed by atoms with Crippen LogP contribution in [0.15, 0.2) is 18.2 Å². The van der Waals surface area contributed by atoms with E-state index in [0.29, 0.717) is 23.8 Å². The second-order valence-electron chi connectivity index (χ2n) is 8.65. The Kier molecular flexibility index (Phi) is 3.64. The Morgan fingerprint density at radius 2 is 1.92 bits per heavy atom. The van der Waals surface area contributed by atoms with Crippen molar-refractivity contribution in [2.24, 2.45) is 11.8 Å². The van der Waals surface area contributed by atoms with Gasteiger partial charge in [-0.2, -0.15) is 0 Å². The Labute approximate surface area is 153 Å². The van der Waals surface area contributed by atoms with Crippen molar-refractivity contribution >= 4 is 22.9 Å². The van der Waals surface area contributed by atoms with Crippen molar-refractivity contribution in [3.8, 4) is 0 Å². The molecule has 3 fully saturated rings. The van der Waals surface area contributed by atoms with Crippen LogP contribution in [-0.4, -0.2) is 26.2 Å². The first-order valence-electron chi connectivity index (χ1n) is 10.1. The van der Waals surface area contributed by atoms with Gasteiger partial charge in [-0.25, -0.2) is 4.98 Å². The summed E-state index contributed by atoms with van der Waals surface area (Å²) in [5, 5.41) is 14.1. The molecule has 0 atom stereocenters. The van der Waals surface area contributed by atoms with E-state index < -0.39 is 5.60 Å². The van der Waals surface area contributed by atoms with Crippen molar-refractivity contribution in [2.45, 2.75) is 69.9 Å². The van der Waals surface area contributed by atoms with E-state index in [2.05, 4.69) is 28.9 Å². The lowest BCUT2D eigenvalue weighted by Gasteiger charge is -2.30. The molecule has 3 aliphatic carbocycles. The summed E-state index contributed by atoms with van der Waals surface area (Å²) in [6.45, 7) is 2.08. The number of rotatable bonds is 6. The zero-order valence-corrected chi connectivity index (χ0v) is 15.4. The van der Waals surface area contributed by atoms with Crippen LogP contribution in [0.3, 0.4) is 0 Å². The molecule has 0 saturated heterocycles. The van der Waals surface area contributed by atoms with Gasteiger partial charge < -0.3 is 9.67 Å². The Morgan fingerprint density at radius 3 is 2.50 bits per heavy atom. The van der Waals surface area contributed by atoms with Crippen LogP contribution >= 0.6 is 0 Å². The van der Waals surface area contributed by atoms with Crippen LogP contribution in [0.1, 0.15) is 63.0 Å². The molecule has 5 nitrogen and oxygen atoms in total. The highest BCUT2D eigenvalue weighted by atomic mass is 16.3. The number of aryl methyl sites for hydroxylation is 1. The largest absolute Gasteiger partial charge is 0.389 e. The molecule has 0 radical (unpaired) electrons. The minimum atomic E-state index is -0.798. The molecule has 26 heavy (non-hydrogen) atoms. The maximum absolute atomic E-state index is 12.8. The standard InChI is InChI=1S/C21H27N3O2/c1-13-5-10-17-18(11-13)24(16-3-2-4-16)20(22-17)23-19(25)12-21(26,14-6-7-14)15-8-9-15/h5,10-11,14-16,26H,2-4,6-9,12H2,1H3,(H,22,23,25). The van der Waals surface area contributed by atoms with Crippen molar-refractivity contribution in [1.82, 2.24) is 9.55 Å². The molecule has 1 heterocycles. The van der Waals surface area contributed by atoms with E-state index in [1.165, 1.54) is 12.0 Å². The minimum absolute atomic E-state index is 0.0982. The summed E-state index contributed by atoms with van der Waals surface area (Å²) in [6, 6.07) is 6.66. The molecule has 2 N–H and O–H groups in total. The first kappa shape index (κ1) is 16.3. The molecule has 1 aromatic carbocycles. The van der Waals surface area contributed by atoms with Crippen LogP contribution in [0, 0.1) is 18.8 Å². The van der Waals surface area contributed by atoms with Gasteiger partial charge in [-0.15, -0.1) is 0 Å². The molecule has 0 aliphatic heterocycles. The van der Waals surface area contributed by atoms with E-state index >= 15 is 0 Å². The van der Waals surface area contributed by atoms with Gasteiger partial charge in [0, 0.05) is 6.04 Å². The molecule has 5 heteroatoms. The number of nitrogens with one attached hydrogen (secondary N) is 1. The number of anilines is 1. The molecular weight excluding hydrogens is 326 g/mol. The van der Waals surface area contributed by atoms with Gasteiger partial charge in [0.1, 0.15) is 0 Å². The fourth-order valence-corrected chi connectivity index (χ4v) is 4.52. The molecule has 0 bridgehead atoms. The number of nitrogens with zero attached hydrogens (tertiary/aromatic N) is 2. The SMILES string of the molecule is Cc1ccc2nc(NC(=O)CC(O)(C3CC3)C3CC3)n(C3CCC3)c2c1. The maximum Gasteiger partial charge on any atom is 0.229 e. The third kappa shape index (κ3) is 2.73. The van der Waals surface area contributed by atoms with Gasteiger partial charge in [0.05, 0.1) is 23.1 Å². The van der Waals surface area contributed by atoms with E-state index in [0.717, 1.165) is 49.6 Å². The number of carbonyl (C=O) groups is 1. The summed E-state index contributed by atoms with van der Waals surface area (Å²) >= 11 is 0. The first-order valence-corrected chi connectivity index (χ1v) is 10.1. The van der Waals surface area contributed by atoms with Crippen LogP contribution in [0.2, 0.25) is 0 Å². The molecule has 0 unspecified atom stereocenters. The Bertz CT molecular complexity index is 848. The zero-order valence-electron chi connectivity index (χ0n) is 15.4. The fraction of sp³-hybridized carbons (Fsp3) is 0.619. The van der Waals surface area contributed by atoms with Crippen molar-refractivity contribution in [1.29, 1.82) is 0 Å². The highest BCUT2D eigenvalue weighted by Gasteiger charge is 2.54. The number of carbonyl (C=O) groups excluding carboxylic acids is 1. The number of aliphatic hydroxyl groups is 1. The Morgan fingerprint density at radius 1 is 1.23 bits per heavy atom. The van der Waals surface area contributed by atoms with Gasteiger partial charge in [0.2, 0.25) is 11.9 Å². The third-order valence-electron chi connectivity index (χ3n) is 6.55. The number of hydrogen-bond acceptors (Lipinski definition) is 3. The number of amides is 1. The minimum Gasteiger partial charge on any atom is -0.389 e. The van der Waals surface area contributed by atoms with E-state index in [-0.39, 0.29) is 12.3 Å². The molecule has 3 saturated carbocycles. The lowest BCUT2D eigenvalue weighted by Crippen LogP contribution is -2.39. The van der Waals surface area contributed by atoms with E-state index in [9.17, 15) is 9.90 Å². The average molecular weight is 353 g/mol. The van der Waals surface area contributed by atoms with Gasteiger partial charge >= 0.3 is 0 Å². The molecule has 3 aliphatic rings. The average Bonchev–Trinajstić information content (AvgIpc) is 3.44. The second kappa shape index (κ2) is 5.81. The molecular formula is C21H27N3O2. The Hall–Kier alpha value is -1.88. The smallest absolute Gasteiger partial charge is 0.229 e. The number of aromatic nitrogens is 2. The van der Waals surface area contributed by atoms with Crippen LogP contribution in [0.25, 0.3) is 11.0 Å². The predicted molar refractivity (Wildman–Crippen MR) is 101 cm³/mol. The van der Waals surface area contributed by atoms with Crippen LogP contribution in [0.4, 0.5) is 5.95 Å². The van der Waals surface area contributed by atoms with Gasteiger partial charge in [-0.1, -0.05) is 6.07 Å². The van der Waals surface area contributed by atoms with Gasteiger partial charge in [-0.3, -0.25) is 10.1 Å². The highest BCUT2D eigenvalue weighted by molar-refractivity contribution is 5.92. The van der Waals surface area contributed by atoms with Crippen molar-refractivity contribution < 1.29 is 9.90 Å². The maximum atomic E-state index is 12.8. The van der Waals surface area contributed by atoms with Gasteiger partial charge in [0.25, 0.3) is 0 Å². The summed E-state index contributed by atoms with van der Waals surface area (Å²) < 4.78 is 2.21. The number of benzene rings is 1. The van der Waals surface area contributed by atoms with E-state index in [1.807, 2.05) is 6.07 Å².